The minimum atomic E-state index is -0.853. The Morgan fingerprint density at radius 2 is 1.80 bits per heavy atom. The molecule has 1 aliphatic rings. The Labute approximate surface area is 121 Å². The van der Waals surface area contributed by atoms with Crippen LogP contribution < -0.4 is 0 Å². The second kappa shape index (κ2) is 8.25. The first-order chi connectivity index (χ1) is 9.55. The molecule has 5 heteroatoms. The molecule has 1 fully saturated rings. The summed E-state index contributed by atoms with van der Waals surface area (Å²) >= 11 is 0. The molecular formula is C15H27NO4. The normalized spacial score (nSPS) is 18.3. The van der Waals surface area contributed by atoms with Gasteiger partial charge >= 0.3 is 5.97 Å². The third kappa shape index (κ3) is 4.47. The molecule has 20 heavy (non-hydrogen) atoms. The summed E-state index contributed by atoms with van der Waals surface area (Å²) in [5, 5.41) is 9.60. The second-order valence-corrected chi connectivity index (χ2v) is 5.64. The van der Waals surface area contributed by atoms with Gasteiger partial charge in [0.2, 0.25) is 5.91 Å². The number of hydrogen-bond donors (Lipinski definition) is 1. The van der Waals surface area contributed by atoms with Crippen LogP contribution in [0.15, 0.2) is 0 Å². The van der Waals surface area contributed by atoms with E-state index < -0.39 is 11.4 Å². The van der Waals surface area contributed by atoms with Crippen LogP contribution in [0, 0.1) is 5.41 Å². The predicted molar refractivity (Wildman–Crippen MR) is 76.5 cm³/mol. The summed E-state index contributed by atoms with van der Waals surface area (Å²) in [5.74, 6) is -0.871. The van der Waals surface area contributed by atoms with Gasteiger partial charge in [-0.25, -0.2) is 0 Å². The fraction of sp³-hybridized carbons (Fsp3) is 0.867. The van der Waals surface area contributed by atoms with E-state index in [9.17, 15) is 14.7 Å². The zero-order chi connectivity index (χ0) is 15.0. The van der Waals surface area contributed by atoms with Gasteiger partial charge in [-0.3, -0.25) is 9.59 Å². The molecule has 1 N–H and O–H groups in total. The fourth-order valence-electron chi connectivity index (χ4n) is 2.93. The Balaban J connectivity index is 2.73. The topological polar surface area (TPSA) is 66.8 Å². The van der Waals surface area contributed by atoms with Gasteiger partial charge < -0.3 is 14.7 Å². The van der Waals surface area contributed by atoms with Crippen molar-refractivity contribution in [3.8, 4) is 0 Å². The minimum Gasteiger partial charge on any atom is -0.481 e. The average molecular weight is 285 g/mol. The molecule has 0 atom stereocenters. The first kappa shape index (κ1) is 17.0. The van der Waals surface area contributed by atoms with Crippen molar-refractivity contribution < 1.29 is 19.4 Å². The number of likely N-dealkylation sites (N-methyl/N-ethyl adjacent to an activating group) is 1. The van der Waals surface area contributed by atoms with Crippen LogP contribution >= 0.6 is 0 Å². The molecule has 116 valence electrons. The van der Waals surface area contributed by atoms with Crippen LogP contribution in [0.4, 0.5) is 0 Å². The predicted octanol–water partition coefficient (Wildman–Crippen LogP) is 2.30. The maximum absolute atomic E-state index is 12.4. The number of carbonyl (C=O) groups excluding carboxylic acids is 1. The van der Waals surface area contributed by atoms with Crippen LogP contribution in [0.2, 0.25) is 0 Å². The van der Waals surface area contributed by atoms with Crippen molar-refractivity contribution >= 4 is 11.9 Å². The molecule has 0 heterocycles. The molecule has 5 nitrogen and oxygen atoms in total. The molecule has 1 amide bonds. The highest BCUT2D eigenvalue weighted by Gasteiger charge is 2.41. The van der Waals surface area contributed by atoms with Gasteiger partial charge in [0.1, 0.15) is 0 Å². The quantitative estimate of drug-likeness (QED) is 0.729. The van der Waals surface area contributed by atoms with E-state index in [0.717, 1.165) is 25.7 Å². The molecule has 1 aliphatic carbocycles. The van der Waals surface area contributed by atoms with Crippen LogP contribution in [0.1, 0.15) is 51.9 Å². The van der Waals surface area contributed by atoms with Crippen LogP contribution in [0.25, 0.3) is 0 Å². The number of hydrogen-bond acceptors (Lipinski definition) is 3. The smallest absolute Gasteiger partial charge is 0.310 e. The molecule has 1 rings (SSSR count). The van der Waals surface area contributed by atoms with Crippen molar-refractivity contribution in [1.29, 1.82) is 0 Å². The average Bonchev–Trinajstić information content (AvgIpc) is 2.66. The van der Waals surface area contributed by atoms with E-state index in [-0.39, 0.29) is 12.3 Å². The number of carbonyl (C=O) groups is 2. The molecule has 1 saturated carbocycles. The number of rotatable bonds is 7. The zero-order valence-corrected chi connectivity index (χ0v) is 12.7. The zero-order valence-electron chi connectivity index (χ0n) is 12.7. The molecule has 0 unspecified atom stereocenters. The Morgan fingerprint density at radius 1 is 1.20 bits per heavy atom. The highest BCUT2D eigenvalue weighted by atomic mass is 16.5. The summed E-state index contributed by atoms with van der Waals surface area (Å²) in [6, 6.07) is 0. The second-order valence-electron chi connectivity index (χ2n) is 5.64. The summed E-state index contributed by atoms with van der Waals surface area (Å²) in [5.41, 5.74) is -0.853. The van der Waals surface area contributed by atoms with Crippen molar-refractivity contribution in [2.24, 2.45) is 5.41 Å². The lowest BCUT2D eigenvalue weighted by atomic mass is 9.77. The number of nitrogens with zero attached hydrogens (tertiary/aromatic N) is 1. The van der Waals surface area contributed by atoms with E-state index in [1.165, 1.54) is 0 Å². The van der Waals surface area contributed by atoms with Gasteiger partial charge in [0.05, 0.1) is 12.0 Å². The van der Waals surface area contributed by atoms with E-state index in [1.54, 1.807) is 12.0 Å². The SMILES string of the molecule is CCN(CCOC)C(=O)CC1(C(=O)O)CCCCCC1. The van der Waals surface area contributed by atoms with Crippen molar-refractivity contribution in [3.05, 3.63) is 0 Å². The van der Waals surface area contributed by atoms with Gasteiger partial charge in [0.15, 0.2) is 0 Å². The largest absolute Gasteiger partial charge is 0.481 e. The van der Waals surface area contributed by atoms with Crippen molar-refractivity contribution in [1.82, 2.24) is 4.90 Å². The van der Waals surface area contributed by atoms with E-state index in [4.69, 9.17) is 4.74 Å². The number of carboxylic acids is 1. The first-order valence-corrected chi connectivity index (χ1v) is 7.56. The molecule has 0 aromatic carbocycles. The van der Waals surface area contributed by atoms with Crippen molar-refractivity contribution in [3.63, 3.8) is 0 Å². The molecule has 0 bridgehead atoms. The van der Waals surface area contributed by atoms with Gasteiger partial charge in [0.25, 0.3) is 0 Å². The number of methoxy groups -OCH3 is 1. The molecule has 0 aromatic rings. The van der Waals surface area contributed by atoms with Crippen molar-refractivity contribution in [2.45, 2.75) is 51.9 Å². The summed E-state index contributed by atoms with van der Waals surface area (Å²) in [6.45, 7) is 3.52. The van der Waals surface area contributed by atoms with E-state index in [2.05, 4.69) is 0 Å². The highest BCUT2D eigenvalue weighted by Crippen LogP contribution is 2.38. The number of ether oxygens (including phenoxy) is 1. The van der Waals surface area contributed by atoms with E-state index in [0.29, 0.717) is 32.5 Å². The summed E-state index contributed by atoms with van der Waals surface area (Å²) in [6.07, 6.45) is 5.33. The summed E-state index contributed by atoms with van der Waals surface area (Å²) < 4.78 is 5.00. The third-order valence-electron chi connectivity index (χ3n) is 4.30. The van der Waals surface area contributed by atoms with Crippen LogP contribution in [-0.2, 0) is 14.3 Å². The monoisotopic (exact) mass is 285 g/mol. The Hall–Kier alpha value is -1.10. The van der Waals surface area contributed by atoms with Crippen LogP contribution in [0.3, 0.4) is 0 Å². The van der Waals surface area contributed by atoms with E-state index in [1.807, 2.05) is 6.92 Å². The van der Waals surface area contributed by atoms with Crippen LogP contribution in [-0.4, -0.2) is 48.7 Å². The Kier molecular flexibility index (Phi) is 6.99. The van der Waals surface area contributed by atoms with Gasteiger partial charge in [-0.05, 0) is 19.8 Å². The van der Waals surface area contributed by atoms with Crippen LogP contribution in [0.5, 0.6) is 0 Å². The lowest BCUT2D eigenvalue weighted by Crippen LogP contribution is -2.40. The van der Waals surface area contributed by atoms with Gasteiger partial charge in [0, 0.05) is 26.6 Å². The van der Waals surface area contributed by atoms with Crippen molar-refractivity contribution in [2.75, 3.05) is 26.8 Å². The van der Waals surface area contributed by atoms with E-state index >= 15 is 0 Å². The molecular weight excluding hydrogens is 258 g/mol. The lowest BCUT2D eigenvalue weighted by Gasteiger charge is -2.30. The van der Waals surface area contributed by atoms with Gasteiger partial charge in [-0.1, -0.05) is 25.7 Å². The molecule has 0 aromatic heterocycles. The van der Waals surface area contributed by atoms with Gasteiger partial charge in [-0.2, -0.15) is 0 Å². The summed E-state index contributed by atoms with van der Waals surface area (Å²) in [4.78, 5) is 25.8. The first-order valence-electron chi connectivity index (χ1n) is 7.56. The molecule has 0 spiro atoms. The standard InChI is InChI=1S/C15H27NO4/c1-3-16(10-11-20-2)13(17)12-15(14(18)19)8-6-4-5-7-9-15/h3-12H2,1-2H3,(H,18,19). The third-order valence-corrected chi connectivity index (χ3v) is 4.30. The number of aliphatic carboxylic acids is 1. The molecule has 0 radical (unpaired) electrons. The maximum atomic E-state index is 12.4. The molecule has 0 aliphatic heterocycles. The minimum absolute atomic E-state index is 0.0613. The Morgan fingerprint density at radius 3 is 2.25 bits per heavy atom. The summed E-state index contributed by atoms with van der Waals surface area (Å²) in [7, 11) is 1.60. The fourth-order valence-corrected chi connectivity index (χ4v) is 2.93. The van der Waals surface area contributed by atoms with Gasteiger partial charge in [-0.15, -0.1) is 0 Å². The molecule has 0 saturated heterocycles. The maximum Gasteiger partial charge on any atom is 0.310 e. The highest BCUT2D eigenvalue weighted by molar-refractivity contribution is 5.85. The number of carboxylic acid groups (broad SMARTS) is 1. The number of amides is 1. The Bertz CT molecular complexity index is 322. The lowest BCUT2D eigenvalue weighted by molar-refractivity contribution is -0.154.